The molecular formula is C14H13F3N2O2. The lowest BCUT2D eigenvalue weighted by molar-refractivity contribution is -0.147. The maximum Gasteiger partial charge on any atom is 0.449 e. The molecule has 1 aliphatic carbocycles. The number of alkyl halides is 3. The highest BCUT2D eigenvalue weighted by molar-refractivity contribution is 6.01. The second-order valence-electron chi connectivity index (χ2n) is 5.30. The number of imidazole rings is 1. The first-order valence-corrected chi connectivity index (χ1v) is 6.67. The SMILES string of the molecule is O=C(O)c1cccc2nc(C(F)(F)F)n(CCC3CC3)c12. The molecule has 1 fully saturated rings. The minimum absolute atomic E-state index is 0.0537. The van der Waals surface area contributed by atoms with Crippen LogP contribution in [-0.2, 0) is 12.7 Å². The predicted octanol–water partition coefficient (Wildman–Crippen LogP) is 3.55. The van der Waals surface area contributed by atoms with Gasteiger partial charge in [-0.3, -0.25) is 0 Å². The highest BCUT2D eigenvalue weighted by Gasteiger charge is 2.38. The Morgan fingerprint density at radius 2 is 2.10 bits per heavy atom. The third-order valence-electron chi connectivity index (χ3n) is 3.71. The maximum atomic E-state index is 13.1. The van der Waals surface area contributed by atoms with Gasteiger partial charge >= 0.3 is 12.1 Å². The number of hydrogen-bond acceptors (Lipinski definition) is 2. The van der Waals surface area contributed by atoms with Crippen molar-refractivity contribution < 1.29 is 23.1 Å². The van der Waals surface area contributed by atoms with Gasteiger partial charge in [-0.05, 0) is 24.5 Å². The lowest BCUT2D eigenvalue weighted by Gasteiger charge is -2.12. The van der Waals surface area contributed by atoms with E-state index in [-0.39, 0.29) is 23.1 Å². The molecule has 3 rings (SSSR count). The normalized spacial score (nSPS) is 15.6. The molecule has 4 nitrogen and oxygen atoms in total. The summed E-state index contributed by atoms with van der Waals surface area (Å²) in [6.45, 7) is 0.139. The molecule has 21 heavy (non-hydrogen) atoms. The zero-order valence-electron chi connectivity index (χ0n) is 11.0. The van der Waals surface area contributed by atoms with Gasteiger partial charge in [-0.1, -0.05) is 18.9 Å². The van der Waals surface area contributed by atoms with Crippen LogP contribution in [0.1, 0.15) is 35.4 Å². The molecule has 1 aliphatic rings. The van der Waals surface area contributed by atoms with Crippen LogP contribution in [0.4, 0.5) is 13.2 Å². The summed E-state index contributed by atoms with van der Waals surface area (Å²) >= 11 is 0. The number of nitrogens with zero attached hydrogens (tertiary/aromatic N) is 2. The standard InChI is InChI=1S/C14H13F3N2O2/c15-14(16,17)13-18-10-3-1-2-9(12(20)21)11(10)19(13)7-6-8-4-5-8/h1-3,8H,4-7H2,(H,20,21). The summed E-state index contributed by atoms with van der Waals surface area (Å²) in [5, 5.41) is 9.19. The van der Waals surface area contributed by atoms with Crippen molar-refractivity contribution in [3.8, 4) is 0 Å². The number of fused-ring (bicyclic) bond motifs is 1. The highest BCUT2D eigenvalue weighted by Crippen LogP contribution is 2.36. The van der Waals surface area contributed by atoms with E-state index in [1.165, 1.54) is 18.2 Å². The number of aromatic nitrogens is 2. The fourth-order valence-electron chi connectivity index (χ4n) is 2.51. The molecule has 0 atom stereocenters. The average Bonchev–Trinajstić information content (AvgIpc) is 3.14. The number of para-hydroxylation sites is 1. The predicted molar refractivity (Wildman–Crippen MR) is 69.0 cm³/mol. The number of hydrogen-bond donors (Lipinski definition) is 1. The number of carboxylic acid groups (broad SMARTS) is 1. The monoisotopic (exact) mass is 298 g/mol. The Kier molecular flexibility index (Phi) is 3.15. The van der Waals surface area contributed by atoms with Gasteiger partial charge in [-0.2, -0.15) is 13.2 Å². The zero-order chi connectivity index (χ0) is 15.2. The number of carbonyl (C=O) groups is 1. The molecule has 1 aromatic heterocycles. The van der Waals surface area contributed by atoms with Crippen LogP contribution in [0.2, 0.25) is 0 Å². The van der Waals surface area contributed by atoms with E-state index < -0.39 is 18.0 Å². The van der Waals surface area contributed by atoms with Gasteiger partial charge in [0, 0.05) is 6.54 Å². The molecule has 7 heteroatoms. The fourth-order valence-corrected chi connectivity index (χ4v) is 2.51. The zero-order valence-corrected chi connectivity index (χ0v) is 11.0. The summed E-state index contributed by atoms with van der Waals surface area (Å²) in [6, 6.07) is 4.12. The summed E-state index contributed by atoms with van der Waals surface area (Å²) < 4.78 is 40.4. The largest absolute Gasteiger partial charge is 0.478 e. The molecule has 2 aromatic rings. The number of halogens is 3. The third-order valence-corrected chi connectivity index (χ3v) is 3.71. The third kappa shape index (κ3) is 2.59. The number of aromatic carboxylic acids is 1. The first kappa shape index (κ1) is 13.9. The molecular weight excluding hydrogens is 285 g/mol. The van der Waals surface area contributed by atoms with E-state index in [1.807, 2.05) is 0 Å². The molecule has 1 heterocycles. The average molecular weight is 298 g/mol. The molecule has 0 unspecified atom stereocenters. The van der Waals surface area contributed by atoms with Gasteiger partial charge in [-0.25, -0.2) is 9.78 Å². The van der Waals surface area contributed by atoms with E-state index in [4.69, 9.17) is 0 Å². The van der Waals surface area contributed by atoms with Crippen molar-refractivity contribution in [1.82, 2.24) is 9.55 Å². The number of benzene rings is 1. The minimum Gasteiger partial charge on any atom is -0.478 e. The van der Waals surface area contributed by atoms with E-state index >= 15 is 0 Å². The molecule has 1 saturated carbocycles. The van der Waals surface area contributed by atoms with Crippen molar-refractivity contribution >= 4 is 17.0 Å². The molecule has 0 spiro atoms. The number of aryl methyl sites for hydroxylation is 1. The summed E-state index contributed by atoms with van der Waals surface area (Å²) in [6.07, 6.45) is -1.93. The fraction of sp³-hybridized carbons (Fsp3) is 0.429. The van der Waals surface area contributed by atoms with E-state index in [1.54, 1.807) is 0 Å². The van der Waals surface area contributed by atoms with Crippen molar-refractivity contribution in [2.45, 2.75) is 32.0 Å². The molecule has 0 amide bonds. The van der Waals surface area contributed by atoms with Crippen LogP contribution in [0.5, 0.6) is 0 Å². The first-order chi connectivity index (χ1) is 9.88. The van der Waals surface area contributed by atoms with Crippen LogP contribution >= 0.6 is 0 Å². The summed E-state index contributed by atoms with van der Waals surface area (Å²) in [5.74, 6) is -1.82. The van der Waals surface area contributed by atoms with Crippen molar-refractivity contribution in [3.05, 3.63) is 29.6 Å². The summed E-state index contributed by atoms with van der Waals surface area (Å²) in [5.41, 5.74) is -0.0257. The number of carboxylic acids is 1. The van der Waals surface area contributed by atoms with Crippen molar-refractivity contribution in [2.75, 3.05) is 0 Å². The molecule has 0 bridgehead atoms. The Morgan fingerprint density at radius 3 is 2.67 bits per heavy atom. The summed E-state index contributed by atoms with van der Waals surface area (Å²) in [4.78, 5) is 14.9. The molecule has 0 aliphatic heterocycles. The summed E-state index contributed by atoms with van der Waals surface area (Å²) in [7, 11) is 0. The van der Waals surface area contributed by atoms with Gasteiger partial charge in [0.25, 0.3) is 0 Å². The van der Waals surface area contributed by atoms with Crippen molar-refractivity contribution in [3.63, 3.8) is 0 Å². The van der Waals surface area contributed by atoms with Crippen LogP contribution < -0.4 is 0 Å². The smallest absolute Gasteiger partial charge is 0.449 e. The molecule has 1 N–H and O–H groups in total. The molecule has 1 aromatic carbocycles. The number of rotatable bonds is 4. The Bertz CT molecular complexity index is 702. The molecule has 112 valence electrons. The van der Waals surface area contributed by atoms with Crippen LogP contribution in [0, 0.1) is 5.92 Å². The van der Waals surface area contributed by atoms with E-state index in [9.17, 15) is 23.1 Å². The van der Waals surface area contributed by atoms with E-state index in [2.05, 4.69) is 4.98 Å². The Morgan fingerprint density at radius 1 is 1.38 bits per heavy atom. The quantitative estimate of drug-likeness (QED) is 0.939. The Balaban J connectivity index is 2.18. The lowest BCUT2D eigenvalue weighted by atomic mass is 10.2. The van der Waals surface area contributed by atoms with Gasteiger partial charge in [-0.15, -0.1) is 0 Å². The topological polar surface area (TPSA) is 55.1 Å². The van der Waals surface area contributed by atoms with Crippen molar-refractivity contribution in [2.24, 2.45) is 5.92 Å². The van der Waals surface area contributed by atoms with E-state index in [0.717, 1.165) is 17.4 Å². The second kappa shape index (κ2) is 4.75. The molecule has 0 radical (unpaired) electrons. The van der Waals surface area contributed by atoms with Crippen LogP contribution in [0.25, 0.3) is 11.0 Å². The Hall–Kier alpha value is -2.05. The van der Waals surface area contributed by atoms with Gasteiger partial charge in [0.05, 0.1) is 16.6 Å². The minimum atomic E-state index is -4.60. The lowest BCUT2D eigenvalue weighted by Crippen LogP contribution is -2.16. The Labute approximate surface area is 118 Å². The van der Waals surface area contributed by atoms with Crippen LogP contribution in [0.3, 0.4) is 0 Å². The molecule has 0 saturated heterocycles. The van der Waals surface area contributed by atoms with Crippen LogP contribution in [-0.4, -0.2) is 20.6 Å². The van der Waals surface area contributed by atoms with Crippen molar-refractivity contribution in [1.29, 1.82) is 0 Å². The van der Waals surface area contributed by atoms with Gasteiger partial charge in [0.15, 0.2) is 0 Å². The highest BCUT2D eigenvalue weighted by atomic mass is 19.4. The van der Waals surface area contributed by atoms with Gasteiger partial charge in [0.1, 0.15) is 0 Å². The maximum absolute atomic E-state index is 13.1. The van der Waals surface area contributed by atoms with Gasteiger partial charge < -0.3 is 9.67 Å². The van der Waals surface area contributed by atoms with Gasteiger partial charge in [0.2, 0.25) is 5.82 Å². The van der Waals surface area contributed by atoms with E-state index in [0.29, 0.717) is 12.3 Å². The first-order valence-electron chi connectivity index (χ1n) is 6.67. The van der Waals surface area contributed by atoms with Crippen LogP contribution in [0.15, 0.2) is 18.2 Å². The second-order valence-corrected chi connectivity index (χ2v) is 5.30.